The third-order valence-electron chi connectivity index (χ3n) is 9.52. The normalized spacial score (nSPS) is 8.86. The molecule has 0 saturated carbocycles. The number of terminal acetylenes is 4. The third kappa shape index (κ3) is 16.3. The van der Waals surface area contributed by atoms with Gasteiger partial charge in [0, 0.05) is 75.9 Å². The molecule has 0 amide bonds. The first-order chi connectivity index (χ1) is 36.3. The van der Waals surface area contributed by atoms with Gasteiger partial charge in [-0.3, -0.25) is 0 Å². The zero-order chi connectivity index (χ0) is 52.6. The van der Waals surface area contributed by atoms with Gasteiger partial charge < -0.3 is 28.4 Å². The molecule has 344 valence electrons. The van der Waals surface area contributed by atoms with Gasteiger partial charge in [0.15, 0.2) is 11.5 Å². The highest BCUT2D eigenvalue weighted by molar-refractivity contribution is 5.89. The van der Waals surface area contributed by atoms with Gasteiger partial charge in [0.1, 0.15) is 47.4 Å². The van der Waals surface area contributed by atoms with Crippen LogP contribution in [-0.4, -0.2) is 14.2 Å². The molecule has 0 bridgehead atoms. The quantitative estimate of drug-likeness (QED) is 0.0866. The summed E-state index contributed by atoms with van der Waals surface area (Å²) in [5.74, 6) is 51.9. The molecule has 0 saturated heterocycles. The molecule has 0 fully saturated rings. The first kappa shape index (κ1) is 52.9. The number of allylic oxidation sites excluding steroid dienone is 1. The van der Waals surface area contributed by atoms with Gasteiger partial charge in [-0.05, 0) is 155 Å². The molecule has 0 aliphatic heterocycles. The first-order valence-electron chi connectivity index (χ1n) is 21.6. The van der Waals surface area contributed by atoms with Crippen LogP contribution in [0.15, 0.2) is 91.0 Å². The van der Waals surface area contributed by atoms with Crippen molar-refractivity contribution in [2.24, 2.45) is 0 Å². The predicted molar refractivity (Wildman–Crippen MR) is 296 cm³/mol. The van der Waals surface area contributed by atoms with Crippen LogP contribution in [0.1, 0.15) is 40.3 Å². The second-order valence-electron chi connectivity index (χ2n) is 14.2. The fourth-order valence-electron chi connectivity index (χ4n) is 6.39. The van der Waals surface area contributed by atoms with E-state index in [0.29, 0.717) is 28.6 Å². The van der Waals surface area contributed by atoms with Gasteiger partial charge in [0.25, 0.3) is 0 Å². The molecule has 6 nitrogen and oxygen atoms in total. The lowest BCUT2D eigenvalue weighted by Gasteiger charge is -2.15. The molecule has 0 spiro atoms. The molecule has 74 heavy (non-hydrogen) atoms. The Morgan fingerprint density at radius 2 is 0.797 bits per heavy atom. The molecule has 0 unspecified atom stereocenters. The summed E-state index contributed by atoms with van der Waals surface area (Å²) in [7, 11) is 3.20. The van der Waals surface area contributed by atoms with Gasteiger partial charge in [0.2, 0.25) is 0 Å². The second kappa shape index (κ2) is 29.7. The molecule has 0 aromatic heterocycles. The Morgan fingerprint density at radius 3 is 1.39 bits per heavy atom. The van der Waals surface area contributed by atoms with Crippen molar-refractivity contribution >= 4 is 30.4 Å². The molecule has 0 aliphatic rings. The van der Waals surface area contributed by atoms with E-state index in [1.807, 2.05) is 105 Å². The van der Waals surface area contributed by atoms with E-state index in [2.05, 4.69) is 161 Å². The summed E-state index contributed by atoms with van der Waals surface area (Å²) in [6, 6.07) is 26.8. The number of hydrogen-bond donors (Lipinski definition) is 0. The number of methoxy groups -OCH3 is 2. The molecule has 0 N–H and O–H groups in total. The smallest absolute Gasteiger partial charge is 0.184 e. The Morgan fingerprint density at radius 1 is 0.351 bits per heavy atom. The van der Waals surface area contributed by atoms with Crippen LogP contribution < -0.4 is 28.4 Å². The van der Waals surface area contributed by atoms with E-state index in [9.17, 15) is 0 Å². The number of hydrogen-bond acceptors (Lipinski definition) is 6. The molecule has 0 atom stereocenters. The van der Waals surface area contributed by atoms with Crippen LogP contribution in [0.5, 0.6) is 34.5 Å². The Kier molecular flexibility index (Phi) is 21.2. The summed E-state index contributed by atoms with van der Waals surface area (Å²) in [6.45, 7) is 3.93. The number of benzene rings is 5. The second-order valence-corrected chi connectivity index (χ2v) is 14.2. The minimum absolute atomic E-state index is 0.243. The van der Waals surface area contributed by atoms with Crippen LogP contribution in [0.4, 0.5) is 0 Å². The minimum Gasteiger partial charge on any atom is -0.496 e. The van der Waals surface area contributed by atoms with Gasteiger partial charge in [0.05, 0.1) is 14.2 Å². The van der Waals surface area contributed by atoms with E-state index in [0.717, 1.165) is 50.1 Å². The fourth-order valence-corrected chi connectivity index (χ4v) is 6.39. The predicted octanol–water partition coefficient (Wildman–Crippen LogP) is 10.6. The van der Waals surface area contributed by atoms with Crippen molar-refractivity contribution in [1.29, 1.82) is 0 Å². The molecular weight excluding hydrogens is 913 g/mol. The zero-order valence-corrected chi connectivity index (χ0v) is 40.3. The van der Waals surface area contributed by atoms with Crippen molar-refractivity contribution < 1.29 is 28.4 Å². The Hall–Kier alpha value is -12.0. The van der Waals surface area contributed by atoms with E-state index < -0.39 is 0 Å². The molecular formula is C68H36O6. The van der Waals surface area contributed by atoms with Crippen molar-refractivity contribution in [3.63, 3.8) is 0 Å². The van der Waals surface area contributed by atoms with E-state index in [1.54, 1.807) is 26.4 Å². The van der Waals surface area contributed by atoms with E-state index in [1.165, 1.54) is 0 Å². The van der Waals surface area contributed by atoms with Crippen LogP contribution in [0.2, 0.25) is 0 Å². The molecule has 0 aliphatic carbocycles. The third-order valence-corrected chi connectivity index (χ3v) is 9.52. The van der Waals surface area contributed by atoms with Gasteiger partial charge in [-0.1, -0.05) is 78.4 Å². The maximum Gasteiger partial charge on any atom is 0.184 e. The van der Waals surface area contributed by atoms with Crippen LogP contribution >= 0.6 is 0 Å². The lowest BCUT2D eigenvalue weighted by atomic mass is 9.93. The fraction of sp³-hybridized carbons (Fsp3) is 0.0588. The van der Waals surface area contributed by atoms with E-state index >= 15 is 0 Å². The zero-order valence-electron chi connectivity index (χ0n) is 40.3. The van der Waals surface area contributed by atoms with Crippen LogP contribution in [0.25, 0.3) is 52.6 Å². The van der Waals surface area contributed by atoms with Crippen LogP contribution in [0, 0.1) is 175 Å². The average Bonchev–Trinajstić information content (AvgIpc) is 3.42. The molecule has 5 aromatic carbocycles. The van der Waals surface area contributed by atoms with Crippen molar-refractivity contribution in [3.05, 3.63) is 124 Å². The van der Waals surface area contributed by atoms with Gasteiger partial charge in [-0.2, -0.15) is 0 Å². The average molecular weight is 949 g/mol. The van der Waals surface area contributed by atoms with Crippen molar-refractivity contribution in [2.45, 2.75) is 13.8 Å². The highest BCUT2D eigenvalue weighted by atomic mass is 16.5. The van der Waals surface area contributed by atoms with E-state index in [-0.39, 0.29) is 11.5 Å². The highest BCUT2D eigenvalue weighted by Crippen LogP contribution is 2.39. The van der Waals surface area contributed by atoms with Gasteiger partial charge in [-0.15, -0.1) is 25.7 Å². The lowest BCUT2D eigenvalue weighted by Crippen LogP contribution is -1.95. The summed E-state index contributed by atoms with van der Waals surface area (Å²) in [5, 5.41) is 0. The monoisotopic (exact) mass is 948 g/mol. The number of ether oxygens (including phenoxy) is 6. The van der Waals surface area contributed by atoms with Crippen molar-refractivity contribution in [2.75, 3.05) is 14.2 Å². The standard InChI is InChI=1S/C68H36O6/c1-9-14-18-20-22-24-26-28-45-71-61-40-37-55(38-41-61)62-47-53(6)31-32-54(62)33-35-59-48-63(57-39-42-64(72-43-16-11-3)68(50-57)74-44-17-12-4)56(49-65(59)69-7)34-36-60-52-67(58(30-13-5)51-66(60)70-8)73-46-29-27-25-23-21-19-15-10-2/h1-4,13,30-42,47-52H,5-8H3/b30-13+,35-33+,36-34+. The maximum atomic E-state index is 6.05. The minimum atomic E-state index is 0.243. The van der Waals surface area contributed by atoms with Gasteiger partial charge >= 0.3 is 0 Å². The molecule has 6 heteroatoms. The molecule has 0 heterocycles. The highest BCUT2D eigenvalue weighted by Gasteiger charge is 2.16. The topological polar surface area (TPSA) is 55.4 Å². The Labute approximate surface area is 434 Å². The summed E-state index contributed by atoms with van der Waals surface area (Å²) in [6.07, 6.45) is 42.7. The molecule has 0 radical (unpaired) electrons. The van der Waals surface area contributed by atoms with Crippen molar-refractivity contribution in [1.82, 2.24) is 0 Å². The number of rotatable bonds is 13. The largest absolute Gasteiger partial charge is 0.496 e. The Bertz CT molecular complexity index is 3930. The van der Waals surface area contributed by atoms with Crippen molar-refractivity contribution in [3.8, 4) is 225 Å². The first-order valence-corrected chi connectivity index (χ1v) is 21.6. The molecule has 5 aromatic rings. The summed E-state index contributed by atoms with van der Waals surface area (Å²) < 4.78 is 34.8. The SMILES string of the molecule is C#CC#CC#CC#CC#COc1ccc(-c2cc(C)ccc2/C=C/c2cc(-c3ccc(OC#CC#C)c(OC#CC#C)c3)c(/C=C/c3cc(OC#CC#CC#CC#CC#C)c(/C=C/C)cc3OC)cc2OC)cc1. The molecule has 5 rings (SSSR count). The summed E-state index contributed by atoms with van der Waals surface area (Å²) in [4.78, 5) is 0. The lowest BCUT2D eigenvalue weighted by molar-refractivity contribution is 0.412. The summed E-state index contributed by atoms with van der Waals surface area (Å²) in [5.41, 5.74) is 8.37. The van der Waals surface area contributed by atoms with Crippen LogP contribution in [0.3, 0.4) is 0 Å². The maximum absolute atomic E-state index is 6.05. The van der Waals surface area contributed by atoms with Gasteiger partial charge in [-0.25, -0.2) is 0 Å². The van der Waals surface area contributed by atoms with Crippen LogP contribution in [-0.2, 0) is 0 Å². The van der Waals surface area contributed by atoms with E-state index in [4.69, 9.17) is 54.1 Å². The Balaban J connectivity index is 1.61. The summed E-state index contributed by atoms with van der Waals surface area (Å²) >= 11 is 0. The number of aryl methyl sites for hydroxylation is 1.